The van der Waals surface area contributed by atoms with Crippen molar-refractivity contribution in [2.24, 2.45) is 5.16 Å². The lowest BCUT2D eigenvalue weighted by Crippen LogP contribution is -2.02. The van der Waals surface area contributed by atoms with E-state index in [0.717, 1.165) is 5.56 Å². The molecule has 0 aliphatic rings. The molecule has 0 fully saturated rings. The van der Waals surface area contributed by atoms with Gasteiger partial charge >= 0.3 is 5.97 Å². The van der Waals surface area contributed by atoms with Crippen LogP contribution in [0.4, 0.5) is 0 Å². The predicted molar refractivity (Wildman–Crippen MR) is 85.5 cm³/mol. The first-order chi connectivity index (χ1) is 10.2. The molecule has 106 valence electrons. The number of hydrogen-bond donors (Lipinski definition) is 0. The molecule has 2 aromatic rings. The van der Waals surface area contributed by atoms with Gasteiger partial charge in [-0.15, -0.1) is 0 Å². The molecule has 0 aliphatic heterocycles. The monoisotopic (exact) mass is 299 g/mol. The van der Waals surface area contributed by atoms with Crippen molar-refractivity contribution in [2.75, 3.05) is 0 Å². The smallest absolute Gasteiger partial charge is 0.312 e. The molecule has 0 saturated heterocycles. The maximum Gasteiger partial charge on any atom is 0.367 e. The molecule has 0 N–H and O–H groups in total. The van der Waals surface area contributed by atoms with Crippen LogP contribution in [-0.2, 0) is 4.84 Å². The van der Waals surface area contributed by atoms with E-state index in [0.29, 0.717) is 16.3 Å². The first kappa shape index (κ1) is 15.0. The summed E-state index contributed by atoms with van der Waals surface area (Å²) in [6.07, 6.45) is 3.66. The van der Waals surface area contributed by atoms with Crippen molar-refractivity contribution >= 4 is 29.4 Å². The van der Waals surface area contributed by atoms with E-state index < -0.39 is 5.97 Å². The van der Waals surface area contributed by atoms with Gasteiger partial charge in [0.2, 0.25) is 0 Å². The normalized spacial score (nSPS) is 11.6. The van der Waals surface area contributed by atoms with Gasteiger partial charge < -0.3 is 4.84 Å². The number of allylic oxidation sites excluding steroid dienone is 1. The zero-order valence-electron chi connectivity index (χ0n) is 11.5. The summed E-state index contributed by atoms with van der Waals surface area (Å²) < 4.78 is 0. The Hall–Kier alpha value is -2.39. The van der Waals surface area contributed by atoms with E-state index in [4.69, 9.17) is 16.4 Å². The lowest BCUT2D eigenvalue weighted by atomic mass is 10.2. The van der Waals surface area contributed by atoms with Gasteiger partial charge in [-0.3, -0.25) is 0 Å². The van der Waals surface area contributed by atoms with Gasteiger partial charge in [-0.1, -0.05) is 65.3 Å². The van der Waals surface area contributed by atoms with E-state index in [9.17, 15) is 4.79 Å². The third kappa shape index (κ3) is 4.58. The predicted octanol–water partition coefficient (Wildman–Crippen LogP) is 4.59. The fourth-order valence-corrected chi connectivity index (χ4v) is 1.81. The van der Waals surface area contributed by atoms with Crippen LogP contribution in [0, 0.1) is 0 Å². The average molecular weight is 300 g/mol. The van der Waals surface area contributed by atoms with Crippen LogP contribution >= 0.6 is 11.6 Å². The Bertz CT molecular complexity index is 678. The average Bonchev–Trinajstić information content (AvgIpc) is 2.52. The summed E-state index contributed by atoms with van der Waals surface area (Å²) in [6.45, 7) is 1.75. The minimum Gasteiger partial charge on any atom is -0.312 e. The van der Waals surface area contributed by atoms with Gasteiger partial charge in [0.15, 0.2) is 0 Å². The molecule has 0 radical (unpaired) electrons. The van der Waals surface area contributed by atoms with Crippen LogP contribution in [0.15, 0.2) is 65.8 Å². The molecular weight excluding hydrogens is 286 g/mol. The molecule has 0 bridgehead atoms. The number of carbonyl (C=O) groups is 1. The molecule has 0 unspecified atom stereocenters. The summed E-state index contributed by atoms with van der Waals surface area (Å²) >= 11 is 5.91. The lowest BCUT2D eigenvalue weighted by Gasteiger charge is -2.00. The second-order valence-corrected chi connectivity index (χ2v) is 4.74. The van der Waals surface area contributed by atoms with Crippen LogP contribution in [0.5, 0.6) is 0 Å². The lowest BCUT2D eigenvalue weighted by molar-refractivity contribution is 0.0517. The summed E-state index contributed by atoms with van der Waals surface area (Å²) in [4.78, 5) is 16.7. The Morgan fingerprint density at radius 1 is 1.10 bits per heavy atom. The van der Waals surface area contributed by atoms with Crippen molar-refractivity contribution in [1.82, 2.24) is 0 Å². The van der Waals surface area contributed by atoms with Crippen LogP contribution in [-0.4, -0.2) is 11.7 Å². The third-order valence-electron chi connectivity index (χ3n) is 2.68. The first-order valence-corrected chi connectivity index (χ1v) is 6.78. The topological polar surface area (TPSA) is 38.7 Å². The molecule has 2 aromatic carbocycles. The zero-order valence-corrected chi connectivity index (χ0v) is 12.2. The highest BCUT2D eigenvalue weighted by Gasteiger charge is 2.10. The Morgan fingerprint density at radius 3 is 2.48 bits per heavy atom. The summed E-state index contributed by atoms with van der Waals surface area (Å²) in [7, 11) is 0. The molecule has 0 aromatic heterocycles. The van der Waals surface area contributed by atoms with Crippen LogP contribution in [0.2, 0.25) is 5.02 Å². The van der Waals surface area contributed by atoms with Gasteiger partial charge in [-0.2, -0.15) is 0 Å². The van der Waals surface area contributed by atoms with Crippen molar-refractivity contribution in [3.8, 4) is 0 Å². The summed E-state index contributed by atoms with van der Waals surface area (Å²) in [6, 6.07) is 16.5. The Kier molecular flexibility index (Phi) is 5.29. The number of hydrogen-bond acceptors (Lipinski definition) is 3. The highest BCUT2D eigenvalue weighted by Crippen LogP contribution is 2.15. The van der Waals surface area contributed by atoms with Gasteiger partial charge in [-0.25, -0.2) is 4.79 Å². The number of oxime groups is 1. The standard InChI is InChI=1S/C17H14ClNO2/c1-13(11-12-14-7-3-2-4-8-14)19-21-17(20)15-9-5-6-10-16(15)18/h2-12H,1H3/b12-11+,19-13-. The highest BCUT2D eigenvalue weighted by molar-refractivity contribution is 6.33. The van der Waals surface area contributed by atoms with E-state index >= 15 is 0 Å². The third-order valence-corrected chi connectivity index (χ3v) is 3.01. The van der Waals surface area contributed by atoms with Gasteiger partial charge in [0.25, 0.3) is 0 Å². The molecule has 0 spiro atoms. The molecule has 21 heavy (non-hydrogen) atoms. The van der Waals surface area contributed by atoms with E-state index in [2.05, 4.69) is 5.16 Å². The van der Waals surface area contributed by atoms with Gasteiger partial charge in [0, 0.05) is 0 Å². The minimum atomic E-state index is -0.576. The molecule has 4 heteroatoms. The van der Waals surface area contributed by atoms with Crippen molar-refractivity contribution in [3.05, 3.63) is 76.8 Å². The summed E-state index contributed by atoms with van der Waals surface area (Å²) in [5, 5.41) is 4.12. The van der Waals surface area contributed by atoms with Crippen LogP contribution in [0.25, 0.3) is 6.08 Å². The Morgan fingerprint density at radius 2 is 1.76 bits per heavy atom. The number of nitrogens with zero attached hydrogens (tertiary/aromatic N) is 1. The number of halogens is 1. The van der Waals surface area contributed by atoms with Gasteiger partial charge in [-0.05, 0) is 30.7 Å². The molecule has 0 heterocycles. The number of carbonyl (C=O) groups excluding carboxylic acids is 1. The van der Waals surface area contributed by atoms with E-state index in [1.165, 1.54) is 0 Å². The van der Waals surface area contributed by atoms with Crippen LogP contribution in [0.1, 0.15) is 22.8 Å². The molecular formula is C17H14ClNO2. The minimum absolute atomic E-state index is 0.294. The van der Waals surface area contributed by atoms with Crippen molar-refractivity contribution in [2.45, 2.75) is 6.92 Å². The highest BCUT2D eigenvalue weighted by atomic mass is 35.5. The fraction of sp³-hybridized carbons (Fsp3) is 0.0588. The molecule has 0 saturated carbocycles. The molecule has 0 aliphatic carbocycles. The van der Waals surface area contributed by atoms with Crippen molar-refractivity contribution < 1.29 is 9.63 Å². The molecule has 2 rings (SSSR count). The molecule has 3 nitrogen and oxygen atoms in total. The van der Waals surface area contributed by atoms with Crippen LogP contribution in [0.3, 0.4) is 0 Å². The summed E-state index contributed by atoms with van der Waals surface area (Å²) in [5.41, 5.74) is 1.92. The first-order valence-electron chi connectivity index (χ1n) is 6.40. The van der Waals surface area contributed by atoms with Crippen LogP contribution < -0.4 is 0 Å². The van der Waals surface area contributed by atoms with Gasteiger partial charge in [0.1, 0.15) is 0 Å². The van der Waals surface area contributed by atoms with E-state index in [1.54, 1.807) is 37.3 Å². The largest absolute Gasteiger partial charge is 0.367 e. The SMILES string of the molecule is CC(/C=C/c1ccccc1)=N/OC(=O)c1ccccc1Cl. The maximum atomic E-state index is 11.8. The second kappa shape index (κ2) is 7.41. The van der Waals surface area contributed by atoms with Crippen molar-refractivity contribution in [1.29, 1.82) is 0 Å². The quantitative estimate of drug-likeness (QED) is 0.470. The zero-order chi connectivity index (χ0) is 15.1. The number of benzene rings is 2. The maximum absolute atomic E-state index is 11.8. The van der Waals surface area contributed by atoms with Gasteiger partial charge in [0.05, 0.1) is 16.3 Å². The van der Waals surface area contributed by atoms with E-state index in [1.807, 2.05) is 36.4 Å². The van der Waals surface area contributed by atoms with Crippen molar-refractivity contribution in [3.63, 3.8) is 0 Å². The van der Waals surface area contributed by atoms with E-state index in [-0.39, 0.29) is 0 Å². The molecule has 0 atom stereocenters. The number of rotatable bonds is 4. The molecule has 0 amide bonds. The second-order valence-electron chi connectivity index (χ2n) is 4.34. The Labute approximate surface area is 128 Å². The fourth-order valence-electron chi connectivity index (χ4n) is 1.60. The Balaban J connectivity index is 1.99. The summed E-state index contributed by atoms with van der Waals surface area (Å²) in [5.74, 6) is -0.576.